The van der Waals surface area contributed by atoms with E-state index in [0.29, 0.717) is 0 Å². The van der Waals surface area contributed by atoms with Crippen molar-refractivity contribution in [3.63, 3.8) is 0 Å². The van der Waals surface area contributed by atoms with Gasteiger partial charge in [0, 0.05) is 17.1 Å². The molecule has 0 aliphatic rings. The van der Waals surface area contributed by atoms with E-state index in [1.807, 2.05) is 26.8 Å². The second kappa shape index (κ2) is 32.4. The normalized spacial score (nSPS) is 9.10. The fourth-order valence-electron chi connectivity index (χ4n) is 1.55. The molecule has 0 heterocycles. The van der Waals surface area contributed by atoms with E-state index >= 15 is 0 Å². The van der Waals surface area contributed by atoms with Crippen molar-refractivity contribution in [1.82, 2.24) is 0 Å². The summed E-state index contributed by atoms with van der Waals surface area (Å²) in [5.41, 5.74) is 2.77. The minimum Gasteiger partial charge on any atom is -0.702 e. The van der Waals surface area contributed by atoms with E-state index < -0.39 is 0 Å². The molecule has 0 spiro atoms. The molecule has 0 aromatic heterocycles. The van der Waals surface area contributed by atoms with Gasteiger partial charge in [-0.3, -0.25) is 13.6 Å². The topological polar surface area (TPSA) is 48.2 Å². The summed E-state index contributed by atoms with van der Waals surface area (Å²) in [6, 6.07) is 8.61. The van der Waals surface area contributed by atoms with Gasteiger partial charge in [0.2, 0.25) is 0 Å². The van der Waals surface area contributed by atoms with Crippen LogP contribution in [-0.4, -0.2) is 31.4 Å². The van der Waals surface area contributed by atoms with Gasteiger partial charge in [-0.1, -0.05) is 54.0 Å². The standard InChI is InChI=1S/C15H24NP.C3H9P.C3H7.2CHO.Mn/c1-12(2)9-10-16-11-14-7-5-6-8-15(14)17-13(3)4;1-3(2)4;1-3-2;2*1-2;/h5-8,11-13,17H,9-10H2,1-4H3;3H,4H2,1-2H3;3H,1-2H3;2*1H;/q-2;;3*-1;. The molecule has 2 unspecified atom stereocenters. The summed E-state index contributed by atoms with van der Waals surface area (Å²) in [7, 11) is 3.53. The molecule has 0 aliphatic heterocycles. The number of carbonyl (C=O) groups excluding carboxylic acids is 2. The third-order valence-corrected chi connectivity index (χ3v) is 3.81. The van der Waals surface area contributed by atoms with Gasteiger partial charge >= 0.3 is 0 Å². The maximum absolute atomic E-state index is 7.75. The van der Waals surface area contributed by atoms with Crippen LogP contribution in [0.25, 0.3) is 5.32 Å². The first-order valence-electron chi connectivity index (χ1n) is 9.56. The summed E-state index contributed by atoms with van der Waals surface area (Å²) in [6.07, 6.45) is 3.17. The Kier molecular flexibility index (Phi) is 43.9. The second-order valence-electron chi connectivity index (χ2n) is 6.93. The van der Waals surface area contributed by atoms with E-state index in [1.54, 1.807) is 0 Å². The average molecular weight is 481 g/mol. The maximum atomic E-state index is 7.75. The molecule has 0 N–H and O–H groups in total. The molecule has 0 amide bonds. The molecule has 0 saturated heterocycles. The molecule has 173 valence electrons. The second-order valence-corrected chi connectivity index (χ2v) is 10.2. The van der Waals surface area contributed by atoms with E-state index in [2.05, 4.69) is 93.9 Å². The molecule has 0 bridgehead atoms. The predicted octanol–water partition coefficient (Wildman–Crippen LogP) is 6.28. The Bertz CT molecular complexity index is 415. The van der Waals surface area contributed by atoms with Crippen LogP contribution in [0.3, 0.4) is 0 Å². The van der Waals surface area contributed by atoms with Crippen molar-refractivity contribution in [1.29, 1.82) is 0 Å². The molecule has 29 heavy (non-hydrogen) atoms. The largest absolute Gasteiger partial charge is 0.702 e. The quantitative estimate of drug-likeness (QED) is 0.151. The van der Waals surface area contributed by atoms with Crippen LogP contribution in [0.15, 0.2) is 24.3 Å². The molecule has 1 rings (SSSR count). The first kappa shape index (κ1) is 39.3. The van der Waals surface area contributed by atoms with Crippen molar-refractivity contribution in [2.45, 2.75) is 73.1 Å². The van der Waals surface area contributed by atoms with Crippen LogP contribution in [0.1, 0.15) is 67.4 Å². The van der Waals surface area contributed by atoms with Crippen molar-refractivity contribution in [3.05, 3.63) is 48.1 Å². The Balaban J connectivity index is -0.000000135. The molecule has 1 radical (unpaired) electrons. The summed E-state index contributed by atoms with van der Waals surface area (Å²) < 4.78 is 0. The van der Waals surface area contributed by atoms with Crippen LogP contribution in [0.2, 0.25) is 0 Å². The molecular weight excluding hydrogens is 439 g/mol. The smallest absolute Gasteiger partial charge is 0 e. The number of nitrogens with zero attached hydrogens (tertiary/aromatic N) is 1. The summed E-state index contributed by atoms with van der Waals surface area (Å²) in [4.78, 5) is 15.5. The van der Waals surface area contributed by atoms with Crippen LogP contribution >= 0.6 is 17.8 Å². The van der Waals surface area contributed by atoms with Crippen molar-refractivity contribution >= 4 is 36.7 Å². The zero-order valence-corrected chi connectivity index (χ0v) is 22.8. The van der Waals surface area contributed by atoms with Gasteiger partial charge in [-0.2, -0.15) is 26.5 Å². The van der Waals surface area contributed by atoms with Gasteiger partial charge in [-0.05, 0) is 17.2 Å². The van der Waals surface area contributed by atoms with Gasteiger partial charge in [0.25, 0.3) is 0 Å². The Morgan fingerprint density at radius 1 is 1.00 bits per heavy atom. The predicted molar refractivity (Wildman–Crippen MR) is 135 cm³/mol. The fraction of sp³-hybridized carbons (Fsp3) is 0.565. The zero-order chi connectivity index (χ0) is 23.0. The SMILES string of the molecule is CC(C)CC[N-][CH-]c1ccccc1PC(C)C.CC(C)P.C[CH-]C.[CH-]=O.[CH-]=O.[Mn]. The monoisotopic (exact) mass is 481 g/mol. The van der Waals surface area contributed by atoms with Gasteiger partial charge in [0.05, 0.1) is 0 Å². The summed E-state index contributed by atoms with van der Waals surface area (Å²) in [6.45, 7) is 26.8. The third-order valence-electron chi connectivity index (χ3n) is 2.47. The van der Waals surface area contributed by atoms with Crippen molar-refractivity contribution in [3.8, 4) is 0 Å². The van der Waals surface area contributed by atoms with Crippen molar-refractivity contribution < 1.29 is 26.7 Å². The molecule has 0 saturated carbocycles. The Morgan fingerprint density at radius 2 is 1.41 bits per heavy atom. The first-order valence-corrected chi connectivity index (χ1v) is 11.3. The Hall–Kier alpha value is -0.231. The Morgan fingerprint density at radius 3 is 1.79 bits per heavy atom. The molecule has 1 aromatic carbocycles. The fourth-order valence-corrected chi connectivity index (χ4v) is 2.68. The van der Waals surface area contributed by atoms with Gasteiger partial charge in [-0.15, -0.1) is 35.3 Å². The van der Waals surface area contributed by atoms with Gasteiger partial charge in [0.15, 0.2) is 0 Å². The van der Waals surface area contributed by atoms with E-state index in [9.17, 15) is 0 Å². The van der Waals surface area contributed by atoms with Gasteiger partial charge in [0.1, 0.15) is 0 Å². The number of rotatable bonds is 7. The molecule has 3 nitrogen and oxygen atoms in total. The summed E-state index contributed by atoms with van der Waals surface area (Å²) in [5.74, 6) is 0.736. The maximum Gasteiger partial charge on any atom is 0 e. The van der Waals surface area contributed by atoms with Crippen LogP contribution in [-0.2, 0) is 26.7 Å². The summed E-state index contributed by atoms with van der Waals surface area (Å²) >= 11 is 0. The van der Waals surface area contributed by atoms with Gasteiger partial charge in [-0.25, -0.2) is 5.56 Å². The molecule has 6 heteroatoms. The van der Waals surface area contributed by atoms with Crippen LogP contribution < -0.4 is 5.30 Å². The van der Waals surface area contributed by atoms with Crippen LogP contribution in [0.5, 0.6) is 0 Å². The zero-order valence-electron chi connectivity index (χ0n) is 19.5. The minimum absolute atomic E-state index is 0. The van der Waals surface area contributed by atoms with Crippen LogP contribution in [0, 0.1) is 18.9 Å². The number of hydrogen-bond acceptors (Lipinski definition) is 2. The Labute approximate surface area is 196 Å². The number of benzene rings is 1. The average Bonchev–Trinajstić information content (AvgIpc) is 2.63. The number of hydrogen-bond donors (Lipinski definition) is 0. The van der Waals surface area contributed by atoms with E-state index in [4.69, 9.17) is 9.59 Å². The van der Waals surface area contributed by atoms with Crippen LogP contribution in [0.4, 0.5) is 0 Å². The van der Waals surface area contributed by atoms with Crippen molar-refractivity contribution in [2.75, 3.05) is 6.54 Å². The van der Waals surface area contributed by atoms with Crippen molar-refractivity contribution in [2.24, 2.45) is 5.92 Å². The molecule has 0 fully saturated rings. The molecule has 2 atom stereocenters. The minimum atomic E-state index is 0. The molecular formula is C23H42MnNO2P2-5. The van der Waals surface area contributed by atoms with Gasteiger partial charge < -0.3 is 27.9 Å². The molecule has 0 aliphatic carbocycles. The van der Waals surface area contributed by atoms with E-state index in [0.717, 1.165) is 32.4 Å². The summed E-state index contributed by atoms with van der Waals surface area (Å²) in [5, 5.41) is 5.97. The molecule has 1 aromatic rings. The first-order chi connectivity index (χ1) is 13.2. The van der Waals surface area contributed by atoms with E-state index in [-0.39, 0.29) is 17.1 Å². The van der Waals surface area contributed by atoms with E-state index in [1.165, 1.54) is 17.3 Å². The third kappa shape index (κ3) is 38.9.